The van der Waals surface area contributed by atoms with Gasteiger partial charge in [-0.05, 0) is 12.8 Å². The molecule has 0 saturated heterocycles. The van der Waals surface area contributed by atoms with E-state index in [2.05, 4.69) is 18.2 Å². The van der Waals surface area contributed by atoms with Gasteiger partial charge in [0.05, 0.1) is 0 Å². The van der Waals surface area contributed by atoms with Crippen LogP contribution < -0.4 is 0 Å². The van der Waals surface area contributed by atoms with Crippen molar-refractivity contribution in [2.45, 2.75) is 39.0 Å². The predicted molar refractivity (Wildman–Crippen MR) is 59.2 cm³/mol. The fourth-order valence-corrected chi connectivity index (χ4v) is 1.02. The molecule has 0 aromatic rings. The van der Waals surface area contributed by atoms with Crippen LogP contribution in [-0.4, -0.2) is 11.9 Å². The summed E-state index contributed by atoms with van der Waals surface area (Å²) < 4.78 is 3.97. The van der Waals surface area contributed by atoms with Crippen LogP contribution in [0.2, 0.25) is 0 Å². The van der Waals surface area contributed by atoms with Crippen LogP contribution in [-0.2, 0) is 14.3 Å². The fraction of sp³-hybridized carbons (Fsp3) is 0.500. The van der Waals surface area contributed by atoms with Gasteiger partial charge >= 0.3 is 11.9 Å². The minimum absolute atomic E-state index is 0.579. The molecule has 0 unspecified atom stereocenters. The summed E-state index contributed by atoms with van der Waals surface area (Å²) in [6, 6.07) is 0. The SMILES string of the molecule is C=CCCCCCC.O=C1C=CC(=O)O1. The average molecular weight is 210 g/mol. The Bertz CT molecular complexity index is 225. The number of carbonyl (C=O) groups is 2. The van der Waals surface area contributed by atoms with E-state index in [9.17, 15) is 9.59 Å². The predicted octanol–water partition coefficient (Wildman–Crippen LogP) is 2.77. The quantitative estimate of drug-likeness (QED) is 0.303. The number of cyclic esters (lactones) is 2. The molecule has 0 aliphatic carbocycles. The largest absolute Gasteiger partial charge is 0.387 e. The maximum Gasteiger partial charge on any atom is 0.338 e. The zero-order chi connectivity index (χ0) is 11.5. The number of ether oxygens (including phenoxy) is 1. The van der Waals surface area contributed by atoms with Gasteiger partial charge in [-0.1, -0.05) is 32.3 Å². The molecule has 1 heterocycles. The van der Waals surface area contributed by atoms with Gasteiger partial charge in [0.1, 0.15) is 0 Å². The second-order valence-corrected chi connectivity index (χ2v) is 3.21. The molecule has 3 heteroatoms. The molecule has 15 heavy (non-hydrogen) atoms. The van der Waals surface area contributed by atoms with Gasteiger partial charge in [0.2, 0.25) is 0 Å². The van der Waals surface area contributed by atoms with Crippen LogP contribution >= 0.6 is 0 Å². The van der Waals surface area contributed by atoms with Crippen molar-refractivity contribution in [2.75, 3.05) is 0 Å². The molecule has 0 atom stereocenters. The van der Waals surface area contributed by atoms with Gasteiger partial charge in [-0.25, -0.2) is 9.59 Å². The Labute approximate surface area is 90.8 Å². The summed E-state index contributed by atoms with van der Waals surface area (Å²) in [5.74, 6) is -1.16. The average Bonchev–Trinajstić information content (AvgIpc) is 2.58. The summed E-state index contributed by atoms with van der Waals surface area (Å²) in [4.78, 5) is 19.8. The molecule has 0 bridgehead atoms. The molecule has 0 N–H and O–H groups in total. The van der Waals surface area contributed by atoms with E-state index in [1.165, 1.54) is 32.1 Å². The summed E-state index contributed by atoms with van der Waals surface area (Å²) in [6.45, 7) is 5.89. The normalized spacial score (nSPS) is 13.1. The molecule has 0 saturated carbocycles. The molecular formula is C12H18O3. The lowest BCUT2D eigenvalue weighted by Crippen LogP contribution is -1.96. The van der Waals surface area contributed by atoms with E-state index in [4.69, 9.17) is 0 Å². The first-order valence-corrected chi connectivity index (χ1v) is 5.25. The van der Waals surface area contributed by atoms with Crippen LogP contribution in [0.25, 0.3) is 0 Å². The summed E-state index contributed by atoms with van der Waals surface area (Å²) in [5, 5.41) is 0. The highest BCUT2D eigenvalue weighted by atomic mass is 16.6. The highest BCUT2D eigenvalue weighted by Gasteiger charge is 2.10. The lowest BCUT2D eigenvalue weighted by molar-refractivity contribution is -0.150. The lowest BCUT2D eigenvalue weighted by Gasteiger charge is -1.91. The second kappa shape index (κ2) is 9.19. The number of allylic oxidation sites excluding steroid dienone is 1. The Balaban J connectivity index is 0.000000262. The molecule has 0 amide bonds. The highest BCUT2D eigenvalue weighted by molar-refractivity contribution is 6.04. The van der Waals surface area contributed by atoms with E-state index in [0.29, 0.717) is 0 Å². The second-order valence-electron chi connectivity index (χ2n) is 3.21. The Hall–Kier alpha value is -1.38. The third-order valence-electron chi connectivity index (χ3n) is 1.82. The van der Waals surface area contributed by atoms with E-state index in [1.807, 2.05) is 6.08 Å². The molecule has 3 nitrogen and oxygen atoms in total. The monoisotopic (exact) mass is 210 g/mol. The maximum atomic E-state index is 9.92. The zero-order valence-electron chi connectivity index (χ0n) is 9.20. The van der Waals surface area contributed by atoms with Gasteiger partial charge in [0.15, 0.2) is 0 Å². The summed E-state index contributed by atoms with van der Waals surface area (Å²) in [7, 11) is 0. The third kappa shape index (κ3) is 8.94. The smallest absolute Gasteiger partial charge is 0.338 e. The Morgan fingerprint density at radius 1 is 1.20 bits per heavy atom. The first kappa shape index (κ1) is 13.6. The van der Waals surface area contributed by atoms with Gasteiger partial charge in [0.25, 0.3) is 0 Å². The molecule has 0 aromatic heterocycles. The minimum Gasteiger partial charge on any atom is -0.387 e. The summed E-state index contributed by atoms with van der Waals surface area (Å²) in [6.07, 6.45) is 10.8. The van der Waals surface area contributed by atoms with E-state index < -0.39 is 11.9 Å². The first-order valence-electron chi connectivity index (χ1n) is 5.25. The van der Waals surface area contributed by atoms with Crippen molar-refractivity contribution in [1.29, 1.82) is 0 Å². The molecule has 1 rings (SSSR count). The molecule has 0 aromatic carbocycles. The van der Waals surface area contributed by atoms with Gasteiger partial charge in [-0.3, -0.25) is 0 Å². The molecule has 0 radical (unpaired) electrons. The molecule has 0 spiro atoms. The van der Waals surface area contributed by atoms with Crippen molar-refractivity contribution in [1.82, 2.24) is 0 Å². The highest BCUT2D eigenvalue weighted by Crippen LogP contribution is 2.01. The van der Waals surface area contributed by atoms with Crippen molar-refractivity contribution in [3.63, 3.8) is 0 Å². The van der Waals surface area contributed by atoms with E-state index >= 15 is 0 Å². The first-order chi connectivity index (χ1) is 7.20. The Morgan fingerprint density at radius 2 is 1.80 bits per heavy atom. The topological polar surface area (TPSA) is 43.4 Å². The van der Waals surface area contributed by atoms with E-state index in [1.54, 1.807) is 0 Å². The number of carbonyl (C=O) groups excluding carboxylic acids is 2. The van der Waals surface area contributed by atoms with Crippen LogP contribution in [0.15, 0.2) is 24.8 Å². The van der Waals surface area contributed by atoms with Crippen molar-refractivity contribution in [3.05, 3.63) is 24.8 Å². The van der Waals surface area contributed by atoms with Crippen LogP contribution in [0.4, 0.5) is 0 Å². The minimum atomic E-state index is -0.579. The lowest BCUT2D eigenvalue weighted by atomic mass is 10.2. The Morgan fingerprint density at radius 3 is 2.13 bits per heavy atom. The third-order valence-corrected chi connectivity index (χ3v) is 1.82. The van der Waals surface area contributed by atoms with Gasteiger partial charge in [-0.2, -0.15) is 0 Å². The van der Waals surface area contributed by atoms with Crippen molar-refractivity contribution < 1.29 is 14.3 Å². The number of rotatable bonds is 5. The van der Waals surface area contributed by atoms with Crippen LogP contribution in [0.1, 0.15) is 39.0 Å². The van der Waals surface area contributed by atoms with E-state index in [0.717, 1.165) is 12.2 Å². The van der Waals surface area contributed by atoms with Gasteiger partial charge in [0, 0.05) is 12.2 Å². The Kier molecular flexibility index (Phi) is 8.34. The van der Waals surface area contributed by atoms with E-state index in [-0.39, 0.29) is 0 Å². The standard InChI is InChI=1S/C8H16.C4H2O3/c1-3-5-7-8-6-4-2;5-3-1-2-4(6)7-3/h3H,1,4-8H2,2H3;1-2H. The zero-order valence-corrected chi connectivity index (χ0v) is 9.20. The summed E-state index contributed by atoms with van der Waals surface area (Å²) in [5.41, 5.74) is 0. The number of esters is 2. The molecule has 84 valence electrons. The van der Waals surface area contributed by atoms with Crippen LogP contribution in [0, 0.1) is 0 Å². The number of hydrogen-bond donors (Lipinski definition) is 0. The molecule has 1 aliphatic heterocycles. The number of hydrogen-bond acceptors (Lipinski definition) is 3. The molecular weight excluding hydrogens is 192 g/mol. The van der Waals surface area contributed by atoms with Crippen LogP contribution in [0.5, 0.6) is 0 Å². The maximum absolute atomic E-state index is 9.92. The van der Waals surface area contributed by atoms with Crippen LogP contribution in [0.3, 0.4) is 0 Å². The van der Waals surface area contributed by atoms with Crippen molar-refractivity contribution in [3.8, 4) is 0 Å². The number of unbranched alkanes of at least 4 members (excludes halogenated alkanes) is 4. The van der Waals surface area contributed by atoms with Gasteiger partial charge < -0.3 is 4.74 Å². The van der Waals surface area contributed by atoms with Crippen molar-refractivity contribution >= 4 is 11.9 Å². The molecule has 0 fully saturated rings. The van der Waals surface area contributed by atoms with Gasteiger partial charge in [-0.15, -0.1) is 6.58 Å². The fourth-order valence-electron chi connectivity index (χ4n) is 1.02. The van der Waals surface area contributed by atoms with Crippen molar-refractivity contribution in [2.24, 2.45) is 0 Å². The molecule has 1 aliphatic rings. The summed E-state index contributed by atoms with van der Waals surface area (Å²) >= 11 is 0.